The van der Waals surface area contributed by atoms with E-state index in [-0.39, 0.29) is 0 Å². The summed E-state index contributed by atoms with van der Waals surface area (Å²) < 4.78 is 1.80. The molecule has 0 aromatic rings. The fraction of sp³-hybridized carbons (Fsp3) is 0.333. The molecule has 8 heavy (non-hydrogen) atoms. The van der Waals surface area contributed by atoms with Gasteiger partial charge in [-0.3, -0.25) is 0 Å². The second kappa shape index (κ2) is 1.90. The van der Waals surface area contributed by atoms with E-state index in [0.717, 1.165) is 6.54 Å². The lowest BCUT2D eigenvalue weighted by molar-refractivity contribution is -0.379. The van der Waals surface area contributed by atoms with Crippen molar-refractivity contribution in [1.29, 1.82) is 0 Å². The van der Waals surface area contributed by atoms with Crippen LogP contribution in [-0.2, 0) is 0 Å². The van der Waals surface area contributed by atoms with Gasteiger partial charge in [0.15, 0.2) is 0 Å². The summed E-state index contributed by atoms with van der Waals surface area (Å²) >= 11 is 0. The quantitative estimate of drug-likeness (QED) is 0.406. The van der Waals surface area contributed by atoms with Crippen LogP contribution in [0, 0.1) is 0 Å². The maximum Gasteiger partial charge on any atom is 0.285 e. The Hall–Kier alpha value is -0.920. The molecule has 1 heterocycles. The van der Waals surface area contributed by atoms with E-state index < -0.39 is 0 Å². The van der Waals surface area contributed by atoms with Crippen LogP contribution in [0.15, 0.2) is 16.8 Å². The number of rotatable bonds is 0. The van der Waals surface area contributed by atoms with Crippen LogP contribution in [0.3, 0.4) is 0 Å². The maximum atomic E-state index is 3.92. The van der Waals surface area contributed by atoms with Crippen molar-refractivity contribution < 1.29 is 4.58 Å². The SMILES string of the molecule is C=[N+]1C=NC=C(C)C1. The molecule has 0 amide bonds. The lowest BCUT2D eigenvalue weighted by atomic mass is 10.3. The largest absolute Gasteiger partial charge is 0.285 e. The van der Waals surface area contributed by atoms with Crippen LogP contribution < -0.4 is 0 Å². The van der Waals surface area contributed by atoms with Crippen LogP contribution in [-0.4, -0.2) is 24.2 Å². The van der Waals surface area contributed by atoms with Crippen molar-refractivity contribution in [1.82, 2.24) is 0 Å². The van der Waals surface area contributed by atoms with Gasteiger partial charge in [-0.2, -0.15) is 0 Å². The molecule has 42 valence electrons. The van der Waals surface area contributed by atoms with Crippen LogP contribution in [0.1, 0.15) is 6.92 Å². The molecule has 2 nitrogen and oxygen atoms in total. The Morgan fingerprint density at radius 3 is 3.00 bits per heavy atom. The van der Waals surface area contributed by atoms with Gasteiger partial charge in [0.2, 0.25) is 0 Å². The molecule has 0 fully saturated rings. The Morgan fingerprint density at radius 2 is 2.62 bits per heavy atom. The zero-order valence-corrected chi connectivity index (χ0v) is 4.96. The summed E-state index contributed by atoms with van der Waals surface area (Å²) in [7, 11) is 0. The highest BCUT2D eigenvalue weighted by Crippen LogP contribution is 1.95. The summed E-state index contributed by atoms with van der Waals surface area (Å²) in [5.41, 5.74) is 1.25. The molecule has 0 aromatic heterocycles. The van der Waals surface area contributed by atoms with Gasteiger partial charge < -0.3 is 0 Å². The minimum atomic E-state index is 0.906. The molecule has 0 aromatic carbocycles. The molecule has 0 unspecified atom stereocenters. The highest BCUT2D eigenvalue weighted by Gasteiger charge is 2.01. The molecule has 1 aliphatic rings. The van der Waals surface area contributed by atoms with Crippen molar-refractivity contribution in [3.8, 4) is 0 Å². The van der Waals surface area contributed by atoms with E-state index in [2.05, 4.69) is 11.7 Å². The number of hydrogen-bond donors (Lipinski definition) is 0. The standard InChI is InChI=1S/C6H9N2/c1-6-3-7-5-8(2)4-6/h3,5H,2,4H2,1H3/q+1. The van der Waals surface area contributed by atoms with Gasteiger partial charge in [-0.1, -0.05) is 4.99 Å². The molecule has 2 heteroatoms. The van der Waals surface area contributed by atoms with Crippen molar-refractivity contribution in [2.75, 3.05) is 6.54 Å². The van der Waals surface area contributed by atoms with E-state index in [1.54, 1.807) is 10.9 Å². The molecular formula is C6H9N2+. The van der Waals surface area contributed by atoms with Gasteiger partial charge in [-0.15, -0.1) is 0 Å². The molecule has 1 aliphatic heterocycles. The van der Waals surface area contributed by atoms with E-state index in [1.165, 1.54) is 5.57 Å². The van der Waals surface area contributed by atoms with Crippen LogP contribution in [0.2, 0.25) is 0 Å². The Labute approximate surface area is 48.9 Å². The van der Waals surface area contributed by atoms with E-state index in [4.69, 9.17) is 0 Å². The molecule has 0 aliphatic carbocycles. The van der Waals surface area contributed by atoms with Crippen molar-refractivity contribution in [2.45, 2.75) is 6.92 Å². The summed E-state index contributed by atoms with van der Waals surface area (Å²) in [5.74, 6) is 0. The predicted molar refractivity (Wildman–Crippen MR) is 34.5 cm³/mol. The second-order valence-corrected chi connectivity index (χ2v) is 1.99. The van der Waals surface area contributed by atoms with E-state index in [0.29, 0.717) is 0 Å². The number of hydrogen-bond acceptors (Lipinski definition) is 1. The molecule has 0 radical (unpaired) electrons. The highest BCUT2D eigenvalue weighted by atomic mass is 15.0. The van der Waals surface area contributed by atoms with Crippen molar-refractivity contribution in [2.24, 2.45) is 4.99 Å². The van der Waals surface area contributed by atoms with E-state index >= 15 is 0 Å². The lowest BCUT2D eigenvalue weighted by Crippen LogP contribution is -2.12. The third-order valence-electron chi connectivity index (χ3n) is 0.977. The summed E-state index contributed by atoms with van der Waals surface area (Å²) in [6, 6.07) is 0. The second-order valence-electron chi connectivity index (χ2n) is 1.99. The molecule has 0 saturated carbocycles. The van der Waals surface area contributed by atoms with Gasteiger partial charge in [-0.05, 0) is 6.92 Å². The average Bonchev–Trinajstić information content (AvgIpc) is 1.64. The number of nitrogens with zero attached hydrogens (tertiary/aromatic N) is 2. The highest BCUT2D eigenvalue weighted by molar-refractivity contribution is 5.50. The molecular weight excluding hydrogens is 100 g/mol. The van der Waals surface area contributed by atoms with Crippen molar-refractivity contribution in [3.05, 3.63) is 11.8 Å². The van der Waals surface area contributed by atoms with Gasteiger partial charge >= 0.3 is 0 Å². The first-order valence-electron chi connectivity index (χ1n) is 2.55. The molecule has 0 atom stereocenters. The van der Waals surface area contributed by atoms with Crippen LogP contribution >= 0.6 is 0 Å². The van der Waals surface area contributed by atoms with Crippen LogP contribution in [0.5, 0.6) is 0 Å². The summed E-state index contributed by atoms with van der Waals surface area (Å²) in [5, 5.41) is 0. The first-order chi connectivity index (χ1) is 3.79. The molecule has 0 saturated heterocycles. The summed E-state index contributed by atoms with van der Waals surface area (Å²) in [6.07, 6.45) is 3.56. The van der Waals surface area contributed by atoms with Crippen LogP contribution in [0.4, 0.5) is 0 Å². The third kappa shape index (κ3) is 1.03. The molecule has 0 bridgehead atoms. The topological polar surface area (TPSA) is 15.4 Å². The van der Waals surface area contributed by atoms with E-state index in [9.17, 15) is 0 Å². The monoisotopic (exact) mass is 109 g/mol. The Kier molecular flexibility index (Phi) is 1.24. The zero-order valence-electron chi connectivity index (χ0n) is 4.96. The molecule has 0 spiro atoms. The summed E-state index contributed by atoms with van der Waals surface area (Å²) in [6.45, 7) is 6.63. The predicted octanol–water partition coefficient (Wildman–Crippen LogP) is 0.645. The average molecular weight is 109 g/mol. The van der Waals surface area contributed by atoms with E-state index in [1.807, 2.05) is 13.1 Å². The maximum absolute atomic E-state index is 3.92. The first-order valence-corrected chi connectivity index (χ1v) is 2.55. The Balaban J connectivity index is 2.73. The fourth-order valence-corrected chi connectivity index (χ4v) is 0.657. The Bertz CT molecular complexity index is 165. The van der Waals surface area contributed by atoms with Gasteiger partial charge in [0, 0.05) is 5.57 Å². The summed E-state index contributed by atoms with van der Waals surface area (Å²) in [4.78, 5) is 3.92. The van der Waals surface area contributed by atoms with Gasteiger partial charge in [0.1, 0.15) is 12.7 Å². The van der Waals surface area contributed by atoms with Gasteiger partial charge in [-0.25, -0.2) is 4.58 Å². The van der Waals surface area contributed by atoms with Crippen molar-refractivity contribution in [3.63, 3.8) is 0 Å². The first kappa shape index (κ1) is 5.22. The van der Waals surface area contributed by atoms with Gasteiger partial charge in [0.05, 0.1) is 6.72 Å². The van der Waals surface area contributed by atoms with Gasteiger partial charge in [0.25, 0.3) is 6.34 Å². The normalized spacial score (nSPS) is 18.6. The molecule has 1 rings (SSSR count). The Morgan fingerprint density at radius 1 is 1.88 bits per heavy atom. The minimum Gasteiger partial charge on any atom is -0.240 e. The van der Waals surface area contributed by atoms with Crippen molar-refractivity contribution >= 4 is 13.1 Å². The lowest BCUT2D eigenvalue weighted by Gasteiger charge is -1.97. The van der Waals surface area contributed by atoms with Crippen LogP contribution in [0.25, 0.3) is 0 Å². The fourth-order valence-electron chi connectivity index (χ4n) is 0.657. The smallest absolute Gasteiger partial charge is 0.240 e. The minimum absolute atomic E-state index is 0.906. The third-order valence-corrected chi connectivity index (χ3v) is 0.977. The number of aliphatic imine (C=N–C) groups is 1. The zero-order chi connectivity index (χ0) is 5.98. The molecule has 0 N–H and O–H groups in total.